The molecule has 1 aromatic carbocycles. The molecule has 0 bridgehead atoms. The zero-order valence-electron chi connectivity index (χ0n) is 15.9. The van der Waals surface area contributed by atoms with Gasteiger partial charge in [-0.3, -0.25) is 9.48 Å². The first-order valence-corrected chi connectivity index (χ1v) is 8.50. The van der Waals surface area contributed by atoms with Crippen molar-refractivity contribution in [3.8, 4) is 17.0 Å². The number of carboxylic acids is 1. The van der Waals surface area contributed by atoms with Crippen molar-refractivity contribution < 1.29 is 24.0 Å². The molecule has 146 valence electrons. The molecule has 0 fully saturated rings. The first-order chi connectivity index (χ1) is 13.3. The molecule has 0 aliphatic carbocycles. The second-order valence-corrected chi connectivity index (χ2v) is 6.29. The molecule has 3 rings (SSSR count). The molecule has 9 nitrogen and oxygen atoms in total. The first-order valence-electron chi connectivity index (χ1n) is 8.50. The summed E-state index contributed by atoms with van der Waals surface area (Å²) in [5.74, 6) is -0.943. The molecule has 2 N–H and O–H groups in total. The second-order valence-electron chi connectivity index (χ2n) is 6.29. The average molecular weight is 384 g/mol. The molecule has 0 aliphatic heterocycles. The summed E-state index contributed by atoms with van der Waals surface area (Å²) in [4.78, 5) is 24.3. The number of methoxy groups -OCH3 is 1. The van der Waals surface area contributed by atoms with E-state index in [0.717, 1.165) is 5.69 Å². The summed E-state index contributed by atoms with van der Waals surface area (Å²) in [6.07, 6.45) is 0. The molecule has 0 saturated heterocycles. The predicted molar refractivity (Wildman–Crippen MR) is 99.3 cm³/mol. The van der Waals surface area contributed by atoms with E-state index in [1.807, 2.05) is 6.92 Å². The van der Waals surface area contributed by atoms with Gasteiger partial charge in [-0.05, 0) is 44.2 Å². The highest BCUT2D eigenvalue weighted by Gasteiger charge is 2.28. The Bertz CT molecular complexity index is 1000. The molecule has 2 aromatic heterocycles. The largest absolute Gasteiger partial charge is 0.497 e. The van der Waals surface area contributed by atoms with E-state index in [9.17, 15) is 14.7 Å². The Kier molecular flexibility index (Phi) is 5.16. The van der Waals surface area contributed by atoms with E-state index in [4.69, 9.17) is 9.26 Å². The van der Waals surface area contributed by atoms with Gasteiger partial charge in [0.2, 0.25) is 0 Å². The summed E-state index contributed by atoms with van der Waals surface area (Å²) in [5.41, 5.74) is 1.70. The van der Waals surface area contributed by atoms with Gasteiger partial charge in [0.1, 0.15) is 22.7 Å². The highest BCUT2D eigenvalue weighted by atomic mass is 16.5. The minimum absolute atomic E-state index is 0.0549. The van der Waals surface area contributed by atoms with E-state index in [0.29, 0.717) is 11.3 Å². The number of hydrogen-bond acceptors (Lipinski definition) is 6. The standard InChI is InChI=1S/C19H20N4O5/c1-10-9-14(21-23(10)3)18(24)20-11(2)17-15(19(25)26)16(22-28-17)12-5-7-13(27-4)8-6-12/h5-9,11H,1-4H3,(H,20,24)(H,25,26). The molecule has 3 aromatic rings. The van der Waals surface area contributed by atoms with E-state index in [1.54, 1.807) is 56.1 Å². The molecule has 0 spiro atoms. The molecule has 0 saturated carbocycles. The summed E-state index contributed by atoms with van der Waals surface area (Å²) >= 11 is 0. The summed E-state index contributed by atoms with van der Waals surface area (Å²) in [5, 5.41) is 20.4. The summed E-state index contributed by atoms with van der Waals surface area (Å²) < 4.78 is 12.0. The van der Waals surface area contributed by atoms with E-state index < -0.39 is 17.9 Å². The van der Waals surface area contributed by atoms with Crippen LogP contribution in [-0.4, -0.2) is 39.0 Å². The quantitative estimate of drug-likeness (QED) is 0.670. The lowest BCUT2D eigenvalue weighted by molar-refractivity contribution is 0.0692. The van der Waals surface area contributed by atoms with Crippen molar-refractivity contribution in [2.75, 3.05) is 7.11 Å². The lowest BCUT2D eigenvalue weighted by atomic mass is 10.0. The molecule has 9 heteroatoms. The third kappa shape index (κ3) is 3.59. The number of carbonyl (C=O) groups is 2. The number of aryl methyl sites for hydroxylation is 2. The number of nitrogens with zero attached hydrogens (tertiary/aromatic N) is 3. The maximum absolute atomic E-state index is 12.4. The fourth-order valence-electron chi connectivity index (χ4n) is 2.76. The van der Waals surface area contributed by atoms with Crippen LogP contribution in [0.4, 0.5) is 0 Å². The molecular weight excluding hydrogens is 364 g/mol. The number of aromatic carboxylic acids is 1. The Balaban J connectivity index is 1.89. The third-order valence-electron chi connectivity index (χ3n) is 4.38. The van der Waals surface area contributed by atoms with Crippen LogP contribution in [0, 0.1) is 6.92 Å². The molecule has 28 heavy (non-hydrogen) atoms. The number of aromatic nitrogens is 3. The number of rotatable bonds is 6. The van der Waals surface area contributed by atoms with Crippen LogP contribution in [0.2, 0.25) is 0 Å². The summed E-state index contributed by atoms with van der Waals surface area (Å²) in [6.45, 7) is 3.45. The minimum atomic E-state index is -1.20. The van der Waals surface area contributed by atoms with Gasteiger partial charge in [0, 0.05) is 18.3 Å². The molecule has 0 aliphatic rings. The van der Waals surface area contributed by atoms with Gasteiger partial charge in [0.05, 0.1) is 13.2 Å². The molecular formula is C19H20N4O5. The van der Waals surface area contributed by atoms with Crippen LogP contribution < -0.4 is 10.1 Å². The van der Waals surface area contributed by atoms with Crippen molar-refractivity contribution in [3.63, 3.8) is 0 Å². The smallest absolute Gasteiger partial charge is 0.341 e. The van der Waals surface area contributed by atoms with E-state index >= 15 is 0 Å². The van der Waals surface area contributed by atoms with Crippen molar-refractivity contribution in [1.29, 1.82) is 0 Å². The Labute approximate surface area is 160 Å². The van der Waals surface area contributed by atoms with Crippen molar-refractivity contribution in [2.24, 2.45) is 7.05 Å². The van der Waals surface area contributed by atoms with Gasteiger partial charge in [0.15, 0.2) is 5.76 Å². The van der Waals surface area contributed by atoms with Gasteiger partial charge in [-0.1, -0.05) is 5.16 Å². The second kappa shape index (κ2) is 7.55. The molecule has 1 unspecified atom stereocenters. The average Bonchev–Trinajstić information content (AvgIpc) is 3.26. The van der Waals surface area contributed by atoms with Crippen molar-refractivity contribution in [2.45, 2.75) is 19.9 Å². The van der Waals surface area contributed by atoms with Gasteiger partial charge in [-0.15, -0.1) is 0 Å². The maximum Gasteiger partial charge on any atom is 0.341 e. The Morgan fingerprint density at radius 2 is 1.96 bits per heavy atom. The molecule has 0 radical (unpaired) electrons. The SMILES string of the molecule is COc1ccc(-c2noc(C(C)NC(=O)c3cc(C)n(C)n3)c2C(=O)O)cc1. The van der Waals surface area contributed by atoms with Crippen LogP contribution >= 0.6 is 0 Å². The third-order valence-corrected chi connectivity index (χ3v) is 4.38. The lowest BCUT2D eigenvalue weighted by Gasteiger charge is -2.10. The highest BCUT2D eigenvalue weighted by molar-refractivity contribution is 5.97. The topological polar surface area (TPSA) is 119 Å². The first kappa shape index (κ1) is 19.2. The maximum atomic E-state index is 12.4. The van der Waals surface area contributed by atoms with E-state index in [1.165, 1.54) is 0 Å². The van der Waals surface area contributed by atoms with Crippen LogP contribution in [0.1, 0.15) is 45.3 Å². The number of carbonyl (C=O) groups excluding carboxylic acids is 1. The monoisotopic (exact) mass is 384 g/mol. The van der Waals surface area contributed by atoms with E-state index in [-0.39, 0.29) is 22.7 Å². The predicted octanol–water partition coefficient (Wildman–Crippen LogP) is 2.58. The summed E-state index contributed by atoms with van der Waals surface area (Å²) in [7, 11) is 3.27. The lowest BCUT2D eigenvalue weighted by Crippen LogP contribution is -2.27. The number of ether oxygens (including phenoxy) is 1. The van der Waals surface area contributed by atoms with Gasteiger partial charge < -0.3 is 19.7 Å². The normalized spacial score (nSPS) is 11.9. The Hall–Kier alpha value is -3.62. The number of nitrogens with one attached hydrogen (secondary N) is 1. The fraction of sp³-hybridized carbons (Fsp3) is 0.263. The Morgan fingerprint density at radius 3 is 2.50 bits per heavy atom. The van der Waals surface area contributed by atoms with Crippen LogP contribution in [-0.2, 0) is 7.05 Å². The molecule has 1 amide bonds. The summed E-state index contributed by atoms with van der Waals surface area (Å²) in [6, 6.07) is 7.69. The minimum Gasteiger partial charge on any atom is -0.497 e. The van der Waals surface area contributed by atoms with Crippen LogP contribution in [0.3, 0.4) is 0 Å². The van der Waals surface area contributed by atoms with Crippen LogP contribution in [0.5, 0.6) is 5.75 Å². The van der Waals surface area contributed by atoms with Gasteiger partial charge in [-0.25, -0.2) is 4.79 Å². The molecule has 2 heterocycles. The van der Waals surface area contributed by atoms with Gasteiger partial charge in [-0.2, -0.15) is 5.10 Å². The van der Waals surface area contributed by atoms with Crippen molar-refractivity contribution in [3.05, 3.63) is 53.0 Å². The zero-order valence-corrected chi connectivity index (χ0v) is 15.9. The Morgan fingerprint density at radius 1 is 1.29 bits per heavy atom. The van der Waals surface area contributed by atoms with Crippen LogP contribution in [0.15, 0.2) is 34.9 Å². The number of hydrogen-bond donors (Lipinski definition) is 2. The van der Waals surface area contributed by atoms with Gasteiger partial charge in [0.25, 0.3) is 5.91 Å². The number of carboxylic acid groups (broad SMARTS) is 1. The van der Waals surface area contributed by atoms with E-state index in [2.05, 4.69) is 15.6 Å². The fourth-order valence-corrected chi connectivity index (χ4v) is 2.76. The highest BCUT2D eigenvalue weighted by Crippen LogP contribution is 2.30. The number of amides is 1. The van der Waals surface area contributed by atoms with Crippen molar-refractivity contribution in [1.82, 2.24) is 20.3 Å². The number of benzene rings is 1. The van der Waals surface area contributed by atoms with Crippen molar-refractivity contribution >= 4 is 11.9 Å². The zero-order chi connectivity index (χ0) is 20.4. The van der Waals surface area contributed by atoms with Crippen LogP contribution in [0.25, 0.3) is 11.3 Å². The molecule has 1 atom stereocenters. The van der Waals surface area contributed by atoms with Gasteiger partial charge >= 0.3 is 5.97 Å².